The van der Waals surface area contributed by atoms with Crippen molar-refractivity contribution >= 4 is 56.6 Å². The number of carbonyl (C=O) groups excluding carboxylic acids is 1. The number of nitrogens with zero attached hydrogens (tertiary/aromatic N) is 2. The summed E-state index contributed by atoms with van der Waals surface area (Å²) in [7, 11) is 0. The number of aromatic nitrogens is 3. The van der Waals surface area contributed by atoms with E-state index >= 15 is 0 Å². The van der Waals surface area contributed by atoms with Gasteiger partial charge >= 0.3 is 0 Å². The van der Waals surface area contributed by atoms with E-state index in [0.717, 1.165) is 5.39 Å². The van der Waals surface area contributed by atoms with Gasteiger partial charge < -0.3 is 5.32 Å². The van der Waals surface area contributed by atoms with E-state index in [4.69, 9.17) is 23.2 Å². The number of H-pyrrole nitrogens is 1. The van der Waals surface area contributed by atoms with Gasteiger partial charge in [0, 0.05) is 27.3 Å². The number of nitrogens with one attached hydrogen (secondary N) is 2. The third-order valence-electron chi connectivity index (χ3n) is 3.96. The number of carbonyl (C=O) groups is 1. The number of pyridine rings is 1. The standard InChI is InChI=1S/C18H12Cl2N4O2/c19-10-2-1-3-12(6-10)22-16(25)9-24-18(26)14-8-21-15-5-4-11(20)7-13(15)17(14)23-24/h1-8,23H,9H2,(H,22,25). The molecule has 0 atom stereocenters. The fourth-order valence-corrected chi connectivity index (χ4v) is 3.16. The van der Waals surface area contributed by atoms with Gasteiger partial charge in [-0.2, -0.15) is 0 Å². The largest absolute Gasteiger partial charge is 0.324 e. The highest BCUT2D eigenvalue weighted by molar-refractivity contribution is 6.31. The Morgan fingerprint density at radius 2 is 1.92 bits per heavy atom. The molecule has 130 valence electrons. The van der Waals surface area contributed by atoms with Crippen molar-refractivity contribution in [1.82, 2.24) is 14.8 Å². The number of fused-ring (bicyclic) bond motifs is 3. The molecule has 2 N–H and O–H groups in total. The molecule has 0 saturated heterocycles. The Morgan fingerprint density at radius 3 is 2.73 bits per heavy atom. The summed E-state index contributed by atoms with van der Waals surface area (Å²) < 4.78 is 1.24. The van der Waals surface area contributed by atoms with E-state index in [1.54, 1.807) is 42.5 Å². The van der Waals surface area contributed by atoms with Crippen molar-refractivity contribution in [3.05, 3.63) is 69.1 Å². The summed E-state index contributed by atoms with van der Waals surface area (Å²) >= 11 is 12.0. The van der Waals surface area contributed by atoms with Crippen molar-refractivity contribution in [2.45, 2.75) is 6.54 Å². The average molecular weight is 387 g/mol. The van der Waals surface area contributed by atoms with E-state index in [1.807, 2.05) is 0 Å². The fraction of sp³-hybridized carbons (Fsp3) is 0.0556. The van der Waals surface area contributed by atoms with E-state index in [-0.39, 0.29) is 18.0 Å². The lowest BCUT2D eigenvalue weighted by molar-refractivity contribution is -0.116. The van der Waals surface area contributed by atoms with Crippen molar-refractivity contribution in [3.63, 3.8) is 0 Å². The number of rotatable bonds is 3. The SMILES string of the molecule is O=C(Cn1[nH]c2c(cnc3ccc(Cl)cc32)c1=O)Nc1cccc(Cl)c1. The van der Waals surface area contributed by atoms with Gasteiger partial charge in [0.2, 0.25) is 5.91 Å². The summed E-state index contributed by atoms with van der Waals surface area (Å²) in [6.07, 6.45) is 1.50. The molecule has 0 saturated carbocycles. The first kappa shape index (κ1) is 16.6. The van der Waals surface area contributed by atoms with Crippen LogP contribution in [0.25, 0.3) is 21.8 Å². The van der Waals surface area contributed by atoms with E-state index in [2.05, 4.69) is 15.4 Å². The predicted octanol–water partition coefficient (Wildman–Crippen LogP) is 3.82. The van der Waals surface area contributed by atoms with E-state index in [9.17, 15) is 9.59 Å². The molecule has 0 fully saturated rings. The number of amides is 1. The smallest absolute Gasteiger partial charge is 0.276 e. The van der Waals surface area contributed by atoms with Gasteiger partial charge in [-0.05, 0) is 36.4 Å². The summed E-state index contributed by atoms with van der Waals surface area (Å²) in [4.78, 5) is 29.1. The summed E-state index contributed by atoms with van der Waals surface area (Å²) in [5.41, 5.74) is 1.54. The summed E-state index contributed by atoms with van der Waals surface area (Å²) in [6, 6.07) is 12.0. The lowest BCUT2D eigenvalue weighted by Gasteiger charge is -2.05. The number of aromatic amines is 1. The van der Waals surface area contributed by atoms with Crippen molar-refractivity contribution in [3.8, 4) is 0 Å². The van der Waals surface area contributed by atoms with Crippen LogP contribution in [0.3, 0.4) is 0 Å². The Labute approximate surface area is 157 Å². The topological polar surface area (TPSA) is 79.8 Å². The molecule has 0 radical (unpaired) electrons. The lowest BCUT2D eigenvalue weighted by Crippen LogP contribution is -2.26. The molecule has 4 aromatic rings. The molecule has 0 aliphatic carbocycles. The van der Waals surface area contributed by atoms with Gasteiger partial charge in [-0.3, -0.25) is 19.7 Å². The van der Waals surface area contributed by atoms with E-state index in [1.165, 1.54) is 10.9 Å². The number of halogens is 2. The van der Waals surface area contributed by atoms with Crippen LogP contribution in [-0.4, -0.2) is 20.7 Å². The zero-order valence-electron chi connectivity index (χ0n) is 13.3. The molecule has 0 spiro atoms. The highest BCUT2D eigenvalue weighted by atomic mass is 35.5. The maximum absolute atomic E-state index is 12.6. The van der Waals surface area contributed by atoms with Crippen LogP contribution in [0, 0.1) is 0 Å². The Balaban J connectivity index is 1.69. The highest BCUT2D eigenvalue weighted by Gasteiger charge is 2.13. The molecule has 0 aliphatic heterocycles. The molecule has 2 heterocycles. The van der Waals surface area contributed by atoms with Crippen LogP contribution in [0.15, 0.2) is 53.5 Å². The Morgan fingerprint density at radius 1 is 1.12 bits per heavy atom. The predicted molar refractivity (Wildman–Crippen MR) is 103 cm³/mol. The van der Waals surface area contributed by atoms with Crippen LogP contribution in [0.4, 0.5) is 5.69 Å². The van der Waals surface area contributed by atoms with Gasteiger partial charge in [0.1, 0.15) is 6.54 Å². The van der Waals surface area contributed by atoms with Crippen molar-refractivity contribution in [2.24, 2.45) is 0 Å². The molecule has 4 rings (SSSR count). The monoisotopic (exact) mass is 386 g/mol. The number of hydrogen-bond acceptors (Lipinski definition) is 3. The highest BCUT2D eigenvalue weighted by Crippen LogP contribution is 2.23. The van der Waals surface area contributed by atoms with Crippen LogP contribution in [-0.2, 0) is 11.3 Å². The Kier molecular flexibility index (Phi) is 4.14. The van der Waals surface area contributed by atoms with Crippen LogP contribution in [0.1, 0.15) is 0 Å². The second-order valence-electron chi connectivity index (χ2n) is 5.77. The molecule has 26 heavy (non-hydrogen) atoms. The van der Waals surface area contributed by atoms with Gasteiger partial charge in [-0.25, -0.2) is 4.68 Å². The molecule has 8 heteroatoms. The molecule has 0 aliphatic rings. The van der Waals surface area contributed by atoms with Gasteiger partial charge in [-0.1, -0.05) is 29.3 Å². The van der Waals surface area contributed by atoms with Gasteiger partial charge in [0.15, 0.2) is 0 Å². The van der Waals surface area contributed by atoms with Crippen molar-refractivity contribution in [1.29, 1.82) is 0 Å². The van der Waals surface area contributed by atoms with Crippen LogP contribution >= 0.6 is 23.2 Å². The summed E-state index contributed by atoms with van der Waals surface area (Å²) in [5.74, 6) is -0.351. The zero-order valence-corrected chi connectivity index (χ0v) is 14.8. The average Bonchev–Trinajstić information content (AvgIpc) is 2.91. The minimum absolute atomic E-state index is 0.165. The van der Waals surface area contributed by atoms with Gasteiger partial charge in [0.25, 0.3) is 5.56 Å². The third kappa shape index (κ3) is 3.05. The second kappa shape index (κ2) is 6.48. The molecule has 0 unspecified atom stereocenters. The Bertz CT molecular complexity index is 1210. The maximum Gasteiger partial charge on any atom is 0.276 e. The third-order valence-corrected chi connectivity index (χ3v) is 4.43. The molecular weight excluding hydrogens is 375 g/mol. The molecular formula is C18H12Cl2N4O2. The summed E-state index contributed by atoms with van der Waals surface area (Å²) in [6.45, 7) is -0.165. The quantitative estimate of drug-likeness (QED) is 0.561. The molecule has 1 amide bonds. The fourth-order valence-electron chi connectivity index (χ4n) is 2.80. The first-order chi connectivity index (χ1) is 12.5. The minimum atomic E-state index is -0.351. The van der Waals surface area contributed by atoms with Crippen LogP contribution < -0.4 is 10.9 Å². The molecule has 2 aromatic carbocycles. The minimum Gasteiger partial charge on any atom is -0.324 e. The van der Waals surface area contributed by atoms with E-state index in [0.29, 0.717) is 32.2 Å². The number of benzene rings is 2. The van der Waals surface area contributed by atoms with Crippen molar-refractivity contribution in [2.75, 3.05) is 5.32 Å². The van der Waals surface area contributed by atoms with Crippen LogP contribution in [0.2, 0.25) is 10.0 Å². The lowest BCUT2D eigenvalue weighted by atomic mass is 10.2. The van der Waals surface area contributed by atoms with Gasteiger partial charge in [0.05, 0.1) is 16.4 Å². The second-order valence-corrected chi connectivity index (χ2v) is 6.64. The molecule has 6 nitrogen and oxygen atoms in total. The normalized spacial score (nSPS) is 11.2. The number of anilines is 1. The first-order valence-electron chi connectivity index (χ1n) is 7.73. The zero-order chi connectivity index (χ0) is 18.3. The van der Waals surface area contributed by atoms with Gasteiger partial charge in [-0.15, -0.1) is 0 Å². The van der Waals surface area contributed by atoms with Crippen LogP contribution in [0.5, 0.6) is 0 Å². The first-order valence-corrected chi connectivity index (χ1v) is 8.49. The Hall–Kier alpha value is -2.83. The number of hydrogen-bond donors (Lipinski definition) is 2. The van der Waals surface area contributed by atoms with E-state index < -0.39 is 0 Å². The summed E-state index contributed by atoms with van der Waals surface area (Å²) in [5, 5.41) is 7.87. The maximum atomic E-state index is 12.6. The molecule has 2 aromatic heterocycles. The molecule has 0 bridgehead atoms. The van der Waals surface area contributed by atoms with Crippen molar-refractivity contribution < 1.29 is 4.79 Å².